The fourth-order valence-corrected chi connectivity index (χ4v) is 1.05. The minimum atomic E-state index is -0.143. The molecule has 4 N–H and O–H groups in total. The normalized spacial score (nSPS) is 11.2. The zero-order valence-corrected chi connectivity index (χ0v) is 8.01. The Balaban J connectivity index is 4.13. The molecular weight excluding hydrogens is 158 g/mol. The Hall–Kier alpha value is -0.510. The molecule has 0 aromatic carbocycles. The summed E-state index contributed by atoms with van der Waals surface area (Å²) in [4.78, 5) is 0. The Morgan fingerprint density at radius 2 is 1.91 bits per heavy atom. The van der Waals surface area contributed by atoms with E-state index in [0.717, 1.165) is 18.2 Å². The van der Waals surface area contributed by atoms with Crippen LogP contribution in [0.3, 0.4) is 0 Å². The average Bonchev–Trinajstić information content (AvgIpc) is 1.86. The van der Waals surface area contributed by atoms with Crippen LogP contribution < -0.4 is 5.73 Å². The van der Waals surface area contributed by atoms with Crippen molar-refractivity contribution in [3.8, 4) is 0 Å². The monoisotopic (exact) mass is 173 g/mol. The van der Waals surface area contributed by atoms with Crippen molar-refractivity contribution in [2.24, 2.45) is 11.1 Å². The van der Waals surface area contributed by atoms with E-state index < -0.39 is 0 Å². The van der Waals surface area contributed by atoms with Gasteiger partial charge in [0.15, 0.2) is 5.17 Å². The summed E-state index contributed by atoms with van der Waals surface area (Å²) in [6.07, 6.45) is 0.895. The molecule has 0 heterocycles. The zero-order chi connectivity index (χ0) is 9.07. The van der Waals surface area contributed by atoms with Crippen LogP contribution in [-0.2, 0) is 0 Å². The van der Waals surface area contributed by atoms with Crippen LogP contribution >= 0.6 is 11.8 Å². The van der Waals surface area contributed by atoms with Gasteiger partial charge in [-0.2, -0.15) is 0 Å². The summed E-state index contributed by atoms with van der Waals surface area (Å²) < 4.78 is 0. The van der Waals surface area contributed by atoms with E-state index in [1.807, 2.05) is 20.8 Å². The first-order valence-corrected chi connectivity index (χ1v) is 4.32. The van der Waals surface area contributed by atoms with E-state index in [9.17, 15) is 0 Å². The van der Waals surface area contributed by atoms with Gasteiger partial charge in [-0.3, -0.25) is 10.8 Å². The van der Waals surface area contributed by atoms with Gasteiger partial charge in [0.2, 0.25) is 0 Å². The molecule has 0 saturated carbocycles. The fraction of sp³-hybridized carbons (Fsp3) is 0.714. The lowest BCUT2D eigenvalue weighted by Gasteiger charge is -2.22. The van der Waals surface area contributed by atoms with E-state index >= 15 is 0 Å². The van der Waals surface area contributed by atoms with Crippen molar-refractivity contribution in [1.82, 2.24) is 0 Å². The largest absolute Gasteiger partial charge is 0.378 e. The molecule has 0 aromatic rings. The molecule has 0 bridgehead atoms. The highest BCUT2D eigenvalue weighted by Crippen LogP contribution is 2.27. The Labute approximate surface area is 71.8 Å². The third-order valence-corrected chi connectivity index (χ3v) is 2.69. The van der Waals surface area contributed by atoms with Gasteiger partial charge >= 0.3 is 0 Å². The topological polar surface area (TPSA) is 73.7 Å². The van der Waals surface area contributed by atoms with Crippen LogP contribution in [0.1, 0.15) is 27.2 Å². The maximum atomic E-state index is 7.56. The molecule has 0 saturated heterocycles. The molecule has 0 aromatic heterocycles. The van der Waals surface area contributed by atoms with Crippen LogP contribution in [-0.4, -0.2) is 10.2 Å². The highest BCUT2D eigenvalue weighted by atomic mass is 32.2. The standard InChI is InChI=1S/C7H15N3S/c1-4-7(2,3)5(8)11-6(9)10/h8H,4H2,1-3H3,(H3,9,10). The number of thioether (sulfide) groups is 1. The predicted molar refractivity (Wildman–Crippen MR) is 51.3 cm³/mol. The molecule has 0 aliphatic rings. The van der Waals surface area contributed by atoms with Crippen molar-refractivity contribution in [1.29, 1.82) is 10.8 Å². The van der Waals surface area contributed by atoms with Crippen molar-refractivity contribution < 1.29 is 0 Å². The summed E-state index contributed by atoms with van der Waals surface area (Å²) in [5.74, 6) is 0. The molecule has 0 amide bonds. The summed E-state index contributed by atoms with van der Waals surface area (Å²) in [7, 11) is 0. The maximum Gasteiger partial charge on any atom is 0.157 e. The van der Waals surface area contributed by atoms with Gasteiger partial charge in [-0.1, -0.05) is 20.8 Å². The Morgan fingerprint density at radius 1 is 1.45 bits per heavy atom. The number of nitrogens with two attached hydrogens (primary N) is 1. The van der Waals surface area contributed by atoms with E-state index in [1.165, 1.54) is 0 Å². The van der Waals surface area contributed by atoms with E-state index in [4.69, 9.17) is 16.6 Å². The third-order valence-electron chi connectivity index (χ3n) is 1.71. The number of amidine groups is 1. The fourth-order valence-electron chi connectivity index (χ4n) is 0.409. The van der Waals surface area contributed by atoms with Crippen LogP contribution in [0.25, 0.3) is 0 Å². The van der Waals surface area contributed by atoms with Crippen LogP contribution in [0.5, 0.6) is 0 Å². The molecular formula is C7H15N3S. The van der Waals surface area contributed by atoms with Gasteiger partial charge in [-0.05, 0) is 18.2 Å². The molecule has 0 fully saturated rings. The van der Waals surface area contributed by atoms with E-state index in [1.54, 1.807) is 0 Å². The lowest BCUT2D eigenvalue weighted by molar-refractivity contribution is 0.509. The summed E-state index contributed by atoms with van der Waals surface area (Å²) in [6.45, 7) is 5.98. The van der Waals surface area contributed by atoms with Gasteiger partial charge in [0.05, 0.1) is 5.04 Å². The minimum Gasteiger partial charge on any atom is -0.378 e. The second-order valence-electron chi connectivity index (χ2n) is 3.03. The first kappa shape index (κ1) is 10.5. The summed E-state index contributed by atoms with van der Waals surface area (Å²) >= 11 is 1.03. The smallest absolute Gasteiger partial charge is 0.157 e. The van der Waals surface area contributed by atoms with Gasteiger partial charge in [0.1, 0.15) is 0 Å². The molecule has 0 aliphatic carbocycles. The average molecular weight is 173 g/mol. The number of hydrogen-bond donors (Lipinski definition) is 3. The summed E-state index contributed by atoms with van der Waals surface area (Å²) in [5, 5.41) is 15.0. The van der Waals surface area contributed by atoms with E-state index in [-0.39, 0.29) is 10.6 Å². The maximum absolute atomic E-state index is 7.56. The Kier molecular flexibility index (Phi) is 3.58. The number of nitrogens with one attached hydrogen (secondary N) is 2. The highest BCUT2D eigenvalue weighted by molar-refractivity contribution is 8.26. The quantitative estimate of drug-likeness (QED) is 0.441. The van der Waals surface area contributed by atoms with Crippen LogP contribution in [0.2, 0.25) is 0 Å². The van der Waals surface area contributed by atoms with E-state index in [0.29, 0.717) is 5.04 Å². The molecule has 3 nitrogen and oxygen atoms in total. The van der Waals surface area contributed by atoms with Crippen LogP contribution in [0.4, 0.5) is 0 Å². The molecule has 0 unspecified atom stereocenters. The number of rotatable bonds is 2. The van der Waals surface area contributed by atoms with E-state index in [2.05, 4.69) is 0 Å². The predicted octanol–water partition coefficient (Wildman–Crippen LogP) is 2.03. The molecule has 0 radical (unpaired) electrons. The molecule has 11 heavy (non-hydrogen) atoms. The second-order valence-corrected chi connectivity index (χ2v) is 4.09. The van der Waals surface area contributed by atoms with Crippen molar-refractivity contribution in [3.63, 3.8) is 0 Å². The minimum absolute atomic E-state index is 0.00322. The SMILES string of the molecule is CCC(C)(C)C(=N)SC(=N)N. The van der Waals surface area contributed by atoms with Crippen molar-refractivity contribution in [2.45, 2.75) is 27.2 Å². The first-order valence-electron chi connectivity index (χ1n) is 3.51. The summed E-state index contributed by atoms with van der Waals surface area (Å²) in [5.41, 5.74) is 5.01. The Morgan fingerprint density at radius 3 is 2.18 bits per heavy atom. The summed E-state index contributed by atoms with van der Waals surface area (Å²) in [6, 6.07) is 0. The van der Waals surface area contributed by atoms with Gasteiger partial charge in [0, 0.05) is 5.41 Å². The van der Waals surface area contributed by atoms with Gasteiger partial charge in [-0.25, -0.2) is 0 Å². The van der Waals surface area contributed by atoms with Gasteiger partial charge in [0.25, 0.3) is 0 Å². The molecule has 64 valence electrons. The zero-order valence-electron chi connectivity index (χ0n) is 7.19. The lowest BCUT2D eigenvalue weighted by atomic mass is 9.92. The van der Waals surface area contributed by atoms with Crippen molar-refractivity contribution >= 4 is 22.0 Å². The highest BCUT2D eigenvalue weighted by Gasteiger charge is 2.22. The van der Waals surface area contributed by atoms with Gasteiger partial charge in [-0.15, -0.1) is 0 Å². The molecule has 0 spiro atoms. The van der Waals surface area contributed by atoms with Gasteiger partial charge < -0.3 is 5.73 Å². The van der Waals surface area contributed by atoms with Crippen LogP contribution in [0.15, 0.2) is 0 Å². The van der Waals surface area contributed by atoms with Crippen LogP contribution in [0, 0.1) is 16.2 Å². The molecule has 0 aliphatic heterocycles. The molecule has 0 atom stereocenters. The molecule has 4 heteroatoms. The third kappa shape index (κ3) is 3.41. The lowest BCUT2D eigenvalue weighted by Crippen LogP contribution is -2.22. The van der Waals surface area contributed by atoms with Crippen molar-refractivity contribution in [3.05, 3.63) is 0 Å². The first-order chi connectivity index (χ1) is 4.90. The second kappa shape index (κ2) is 3.76. The van der Waals surface area contributed by atoms with Crippen molar-refractivity contribution in [2.75, 3.05) is 0 Å². The molecule has 0 rings (SSSR count). The Bertz CT molecular complexity index is 175. The number of hydrogen-bond acceptors (Lipinski definition) is 3.